The second kappa shape index (κ2) is 13.1. The number of hydrogen-bond donors (Lipinski definition) is 3. The van der Waals surface area contributed by atoms with Crippen LogP contribution in [0.2, 0.25) is 0 Å². The lowest BCUT2D eigenvalue weighted by Crippen LogP contribution is -2.38. The van der Waals surface area contributed by atoms with Gasteiger partial charge in [-0.3, -0.25) is 9.79 Å². The summed E-state index contributed by atoms with van der Waals surface area (Å²) in [6.45, 7) is 6.48. The molecule has 0 radical (unpaired) electrons. The van der Waals surface area contributed by atoms with Crippen molar-refractivity contribution in [3.8, 4) is 0 Å². The van der Waals surface area contributed by atoms with Crippen LogP contribution in [0.5, 0.6) is 0 Å². The number of carbonyl (C=O) groups excluding carboxylic acids is 1. The molecule has 0 saturated heterocycles. The normalized spacial score (nSPS) is 10.8. The molecule has 0 heterocycles. The third kappa shape index (κ3) is 8.29. The van der Waals surface area contributed by atoms with Gasteiger partial charge in [-0.15, -0.1) is 24.0 Å². The Labute approximate surface area is 185 Å². The van der Waals surface area contributed by atoms with E-state index in [2.05, 4.69) is 59.1 Å². The van der Waals surface area contributed by atoms with Gasteiger partial charge in [0.25, 0.3) is 5.91 Å². The molecule has 6 heteroatoms. The number of benzene rings is 2. The van der Waals surface area contributed by atoms with Crippen molar-refractivity contribution in [3.63, 3.8) is 0 Å². The Kier molecular flexibility index (Phi) is 11.2. The lowest BCUT2D eigenvalue weighted by molar-refractivity contribution is 0.0963. The highest BCUT2D eigenvalue weighted by molar-refractivity contribution is 14.0. The van der Waals surface area contributed by atoms with Gasteiger partial charge in [-0.1, -0.05) is 42.0 Å². The Morgan fingerprint density at radius 3 is 2.43 bits per heavy atom. The minimum Gasteiger partial charge on any atom is -0.357 e. The maximum atomic E-state index is 11.7. The van der Waals surface area contributed by atoms with E-state index in [1.54, 1.807) is 7.05 Å². The highest BCUT2D eigenvalue weighted by atomic mass is 127. The van der Waals surface area contributed by atoms with Gasteiger partial charge in [0.05, 0.1) is 0 Å². The van der Waals surface area contributed by atoms with Gasteiger partial charge in [0.2, 0.25) is 0 Å². The van der Waals surface area contributed by atoms with Crippen LogP contribution >= 0.6 is 24.0 Å². The number of nitrogens with one attached hydrogen (secondary N) is 3. The second-order valence-corrected chi connectivity index (χ2v) is 6.45. The quantitative estimate of drug-likeness (QED) is 0.300. The van der Waals surface area contributed by atoms with Crippen LogP contribution in [0.1, 0.15) is 34.0 Å². The predicted octanol–water partition coefficient (Wildman–Crippen LogP) is 3.31. The maximum Gasteiger partial charge on any atom is 0.251 e. The number of guanidine groups is 1. The Morgan fingerprint density at radius 2 is 1.75 bits per heavy atom. The van der Waals surface area contributed by atoms with Crippen LogP contribution in [0.4, 0.5) is 0 Å². The van der Waals surface area contributed by atoms with Crippen LogP contribution in [0, 0.1) is 6.92 Å². The Hall–Kier alpha value is -2.09. The van der Waals surface area contributed by atoms with Crippen molar-refractivity contribution >= 4 is 35.8 Å². The number of amides is 1. The predicted molar refractivity (Wildman–Crippen MR) is 128 cm³/mol. The summed E-state index contributed by atoms with van der Waals surface area (Å²) in [6, 6.07) is 16.3. The van der Waals surface area contributed by atoms with E-state index in [4.69, 9.17) is 0 Å². The maximum absolute atomic E-state index is 11.7. The van der Waals surface area contributed by atoms with Crippen LogP contribution < -0.4 is 16.0 Å². The molecule has 152 valence electrons. The van der Waals surface area contributed by atoms with Crippen molar-refractivity contribution in [1.82, 2.24) is 16.0 Å². The van der Waals surface area contributed by atoms with E-state index in [9.17, 15) is 4.79 Å². The number of nitrogens with zero attached hydrogens (tertiary/aromatic N) is 1. The smallest absolute Gasteiger partial charge is 0.251 e. The van der Waals surface area contributed by atoms with Crippen molar-refractivity contribution in [3.05, 3.63) is 70.8 Å². The van der Waals surface area contributed by atoms with E-state index in [1.165, 1.54) is 11.1 Å². The van der Waals surface area contributed by atoms with E-state index in [1.807, 2.05) is 24.3 Å². The molecule has 0 aromatic heterocycles. The lowest BCUT2D eigenvalue weighted by Gasteiger charge is -2.12. The van der Waals surface area contributed by atoms with Gasteiger partial charge in [0.15, 0.2) is 5.96 Å². The molecule has 0 unspecified atom stereocenters. The van der Waals surface area contributed by atoms with Crippen molar-refractivity contribution in [2.45, 2.75) is 26.7 Å². The molecular formula is C22H31IN4O. The first kappa shape index (κ1) is 23.9. The molecule has 28 heavy (non-hydrogen) atoms. The monoisotopic (exact) mass is 494 g/mol. The van der Waals surface area contributed by atoms with Gasteiger partial charge in [0, 0.05) is 32.2 Å². The summed E-state index contributed by atoms with van der Waals surface area (Å²) in [5, 5.41) is 9.30. The molecule has 2 aromatic carbocycles. The Balaban J connectivity index is 0.00000392. The summed E-state index contributed by atoms with van der Waals surface area (Å²) >= 11 is 0. The number of aryl methyl sites for hydroxylation is 1. The Bertz CT molecular complexity index is 759. The van der Waals surface area contributed by atoms with E-state index in [0.29, 0.717) is 5.56 Å². The summed E-state index contributed by atoms with van der Waals surface area (Å²) < 4.78 is 0. The largest absolute Gasteiger partial charge is 0.357 e. The molecule has 0 spiro atoms. The number of halogens is 1. The molecule has 0 aliphatic carbocycles. The fraction of sp³-hybridized carbons (Fsp3) is 0.364. The second-order valence-electron chi connectivity index (χ2n) is 6.45. The van der Waals surface area contributed by atoms with E-state index < -0.39 is 0 Å². The zero-order valence-electron chi connectivity index (χ0n) is 16.9. The number of hydrogen-bond acceptors (Lipinski definition) is 2. The molecule has 0 bridgehead atoms. The number of aliphatic imine (C=N–C) groups is 1. The van der Waals surface area contributed by atoms with Gasteiger partial charge >= 0.3 is 0 Å². The molecular weight excluding hydrogens is 463 g/mol. The Morgan fingerprint density at radius 1 is 1.00 bits per heavy atom. The number of carbonyl (C=O) groups is 1. The van der Waals surface area contributed by atoms with Crippen LogP contribution in [-0.4, -0.2) is 38.5 Å². The summed E-state index contributed by atoms with van der Waals surface area (Å²) in [5.74, 6) is 0.767. The molecule has 5 nitrogen and oxygen atoms in total. The van der Waals surface area contributed by atoms with Crippen molar-refractivity contribution in [1.29, 1.82) is 0 Å². The fourth-order valence-corrected chi connectivity index (χ4v) is 2.73. The summed E-state index contributed by atoms with van der Waals surface area (Å²) in [6.07, 6.45) is 1.75. The van der Waals surface area contributed by atoms with Crippen LogP contribution in [-0.2, 0) is 12.8 Å². The first-order valence-corrected chi connectivity index (χ1v) is 9.51. The molecule has 0 aliphatic rings. The van der Waals surface area contributed by atoms with E-state index >= 15 is 0 Å². The number of rotatable bonds is 8. The molecule has 0 atom stereocenters. The fourth-order valence-electron chi connectivity index (χ4n) is 2.73. The highest BCUT2D eigenvalue weighted by Crippen LogP contribution is 2.06. The molecule has 0 aliphatic heterocycles. The molecule has 1 amide bonds. The third-order valence-electron chi connectivity index (χ3n) is 4.26. The van der Waals surface area contributed by atoms with E-state index in [0.717, 1.165) is 44.0 Å². The lowest BCUT2D eigenvalue weighted by atomic mass is 10.1. The zero-order chi connectivity index (χ0) is 19.5. The standard InChI is InChI=1S/C22H30N4O.HI/c1-4-24-22(25-14-12-18-10-8-17(2)9-11-18)26-15-13-19-6-5-7-20(16-19)21(27)23-3;/h5-11,16H,4,12-15H2,1-3H3,(H,23,27)(H2,24,25,26);1H. The van der Waals surface area contributed by atoms with Gasteiger partial charge in [-0.25, -0.2) is 0 Å². The third-order valence-corrected chi connectivity index (χ3v) is 4.26. The van der Waals surface area contributed by atoms with Gasteiger partial charge in [-0.2, -0.15) is 0 Å². The van der Waals surface area contributed by atoms with Crippen LogP contribution in [0.3, 0.4) is 0 Å². The first-order chi connectivity index (χ1) is 13.1. The molecule has 2 aromatic rings. The van der Waals surface area contributed by atoms with Crippen molar-refractivity contribution in [2.24, 2.45) is 4.99 Å². The highest BCUT2D eigenvalue weighted by Gasteiger charge is 2.04. The summed E-state index contributed by atoms with van der Waals surface area (Å²) in [4.78, 5) is 16.4. The van der Waals surface area contributed by atoms with Crippen LogP contribution in [0.25, 0.3) is 0 Å². The summed E-state index contributed by atoms with van der Waals surface area (Å²) in [5.41, 5.74) is 4.39. The molecule has 0 fully saturated rings. The zero-order valence-corrected chi connectivity index (χ0v) is 19.2. The van der Waals surface area contributed by atoms with Gasteiger partial charge < -0.3 is 16.0 Å². The van der Waals surface area contributed by atoms with Crippen molar-refractivity contribution in [2.75, 3.05) is 26.7 Å². The molecule has 3 N–H and O–H groups in total. The average molecular weight is 494 g/mol. The minimum atomic E-state index is -0.0594. The molecule has 2 rings (SSSR count). The van der Waals surface area contributed by atoms with Crippen LogP contribution in [0.15, 0.2) is 53.5 Å². The van der Waals surface area contributed by atoms with Crippen molar-refractivity contribution < 1.29 is 4.79 Å². The molecule has 0 saturated carbocycles. The minimum absolute atomic E-state index is 0. The van der Waals surface area contributed by atoms with E-state index in [-0.39, 0.29) is 29.9 Å². The average Bonchev–Trinajstić information content (AvgIpc) is 2.69. The van der Waals surface area contributed by atoms with Gasteiger partial charge in [-0.05, 0) is 49.9 Å². The SMILES string of the molecule is CCNC(=NCCc1ccc(C)cc1)NCCc1cccc(C(=O)NC)c1.I. The van der Waals surface area contributed by atoms with Gasteiger partial charge in [0.1, 0.15) is 0 Å². The summed E-state index contributed by atoms with van der Waals surface area (Å²) in [7, 11) is 1.65. The topological polar surface area (TPSA) is 65.5 Å². The first-order valence-electron chi connectivity index (χ1n) is 9.51.